The van der Waals surface area contributed by atoms with E-state index < -0.39 is 0 Å². The first-order valence-corrected chi connectivity index (χ1v) is 5.23. The molecule has 3 heteroatoms. The molecule has 0 radical (unpaired) electrons. The van der Waals surface area contributed by atoms with Gasteiger partial charge < -0.3 is 5.73 Å². The first kappa shape index (κ1) is 10.6. The number of nitrogen functional groups attached to an aromatic ring is 1. The molecule has 0 spiro atoms. The van der Waals surface area contributed by atoms with Gasteiger partial charge in [0.25, 0.3) is 0 Å². The zero-order chi connectivity index (χ0) is 11.7. The van der Waals surface area contributed by atoms with Gasteiger partial charge in [0.05, 0.1) is 5.69 Å². The fraction of sp³-hybridized carbons (Fsp3) is 0.231. The van der Waals surface area contributed by atoms with Gasteiger partial charge in [0.15, 0.2) is 0 Å². The number of anilines is 1. The SMILES string of the molecule is Cc1cc(C)c(-c2cc(N)ncn2)cc1C. The lowest BCUT2D eigenvalue weighted by Crippen LogP contribution is -1.95. The molecule has 16 heavy (non-hydrogen) atoms. The van der Waals surface area contributed by atoms with E-state index in [1.54, 1.807) is 6.07 Å². The van der Waals surface area contributed by atoms with Crippen LogP contribution in [0.25, 0.3) is 11.3 Å². The van der Waals surface area contributed by atoms with Gasteiger partial charge in [0.2, 0.25) is 0 Å². The second kappa shape index (κ2) is 3.93. The molecule has 0 saturated carbocycles. The predicted octanol–water partition coefficient (Wildman–Crippen LogP) is 2.65. The third kappa shape index (κ3) is 1.89. The van der Waals surface area contributed by atoms with E-state index in [0.29, 0.717) is 5.82 Å². The van der Waals surface area contributed by atoms with Crippen molar-refractivity contribution in [3.8, 4) is 11.3 Å². The molecule has 0 unspecified atom stereocenters. The molecule has 0 aliphatic heterocycles. The highest BCUT2D eigenvalue weighted by Gasteiger charge is 2.06. The number of hydrogen-bond acceptors (Lipinski definition) is 3. The van der Waals surface area contributed by atoms with Gasteiger partial charge in [-0.2, -0.15) is 0 Å². The lowest BCUT2D eigenvalue weighted by Gasteiger charge is -2.09. The molecule has 0 aliphatic rings. The summed E-state index contributed by atoms with van der Waals surface area (Å²) in [5, 5.41) is 0. The largest absolute Gasteiger partial charge is 0.384 e. The Hall–Kier alpha value is -1.90. The van der Waals surface area contributed by atoms with Crippen molar-refractivity contribution >= 4 is 5.82 Å². The summed E-state index contributed by atoms with van der Waals surface area (Å²) in [6.07, 6.45) is 1.50. The lowest BCUT2D eigenvalue weighted by atomic mass is 9.98. The summed E-state index contributed by atoms with van der Waals surface area (Å²) in [7, 11) is 0. The molecule has 2 rings (SSSR count). The number of rotatable bonds is 1. The lowest BCUT2D eigenvalue weighted by molar-refractivity contribution is 1.17. The van der Waals surface area contributed by atoms with Gasteiger partial charge in [-0.25, -0.2) is 9.97 Å². The Bertz CT molecular complexity index is 533. The van der Waals surface area contributed by atoms with Gasteiger partial charge in [0.1, 0.15) is 12.1 Å². The molecular formula is C13H15N3. The second-order valence-corrected chi connectivity index (χ2v) is 4.08. The van der Waals surface area contributed by atoms with Crippen LogP contribution in [0.3, 0.4) is 0 Å². The second-order valence-electron chi connectivity index (χ2n) is 4.08. The molecule has 1 heterocycles. The van der Waals surface area contributed by atoms with E-state index >= 15 is 0 Å². The van der Waals surface area contributed by atoms with Gasteiger partial charge >= 0.3 is 0 Å². The van der Waals surface area contributed by atoms with Crippen molar-refractivity contribution < 1.29 is 0 Å². The minimum absolute atomic E-state index is 0.502. The number of hydrogen-bond donors (Lipinski definition) is 1. The zero-order valence-corrected chi connectivity index (χ0v) is 9.78. The van der Waals surface area contributed by atoms with Gasteiger partial charge in [-0.1, -0.05) is 6.07 Å². The maximum Gasteiger partial charge on any atom is 0.127 e. The normalized spacial score (nSPS) is 10.4. The Morgan fingerprint density at radius 1 is 0.875 bits per heavy atom. The maximum atomic E-state index is 5.66. The fourth-order valence-corrected chi connectivity index (χ4v) is 1.76. The number of aryl methyl sites for hydroxylation is 3. The molecule has 0 saturated heterocycles. The molecular weight excluding hydrogens is 198 g/mol. The summed E-state index contributed by atoms with van der Waals surface area (Å²) in [5.74, 6) is 0.502. The molecule has 0 atom stereocenters. The van der Waals surface area contributed by atoms with Crippen LogP contribution in [0.4, 0.5) is 5.82 Å². The van der Waals surface area contributed by atoms with E-state index in [2.05, 4.69) is 42.9 Å². The van der Waals surface area contributed by atoms with E-state index in [0.717, 1.165) is 11.3 Å². The molecule has 82 valence electrons. The minimum Gasteiger partial charge on any atom is -0.384 e. The molecule has 0 amide bonds. The van der Waals surface area contributed by atoms with Crippen LogP contribution in [-0.2, 0) is 0 Å². The molecule has 3 nitrogen and oxygen atoms in total. The summed E-state index contributed by atoms with van der Waals surface area (Å²) < 4.78 is 0. The molecule has 0 fully saturated rings. The van der Waals surface area contributed by atoms with Crippen LogP contribution in [0, 0.1) is 20.8 Å². The molecule has 2 aromatic rings. The van der Waals surface area contributed by atoms with Crippen molar-refractivity contribution in [3.05, 3.63) is 41.2 Å². The third-order valence-corrected chi connectivity index (χ3v) is 2.80. The number of nitrogens with two attached hydrogens (primary N) is 1. The highest BCUT2D eigenvalue weighted by Crippen LogP contribution is 2.25. The maximum absolute atomic E-state index is 5.66. The topological polar surface area (TPSA) is 51.8 Å². The molecule has 1 aromatic heterocycles. The van der Waals surface area contributed by atoms with Crippen molar-refractivity contribution in [2.75, 3.05) is 5.73 Å². The Morgan fingerprint density at radius 2 is 1.56 bits per heavy atom. The van der Waals surface area contributed by atoms with Crippen molar-refractivity contribution in [1.29, 1.82) is 0 Å². The fourth-order valence-electron chi connectivity index (χ4n) is 1.76. The van der Waals surface area contributed by atoms with Crippen molar-refractivity contribution in [1.82, 2.24) is 9.97 Å². The summed E-state index contributed by atoms with van der Waals surface area (Å²) in [5.41, 5.74) is 11.4. The van der Waals surface area contributed by atoms with Gasteiger partial charge in [-0.3, -0.25) is 0 Å². The molecule has 1 aromatic carbocycles. The molecule has 0 bridgehead atoms. The number of benzene rings is 1. The Morgan fingerprint density at radius 3 is 2.25 bits per heavy atom. The average Bonchev–Trinajstić information content (AvgIpc) is 2.23. The van der Waals surface area contributed by atoms with Crippen LogP contribution >= 0.6 is 0 Å². The Kier molecular flexibility index (Phi) is 2.60. The first-order valence-electron chi connectivity index (χ1n) is 5.23. The van der Waals surface area contributed by atoms with E-state index in [-0.39, 0.29) is 0 Å². The van der Waals surface area contributed by atoms with Crippen LogP contribution < -0.4 is 5.73 Å². The summed E-state index contributed by atoms with van der Waals surface area (Å²) in [6.45, 7) is 6.29. The van der Waals surface area contributed by atoms with Crippen molar-refractivity contribution in [2.24, 2.45) is 0 Å². The van der Waals surface area contributed by atoms with Crippen LogP contribution in [-0.4, -0.2) is 9.97 Å². The standard InChI is InChI=1S/C13H15N3/c1-8-4-10(3)11(5-9(8)2)12-6-13(14)16-7-15-12/h4-7H,1-3H3,(H2,14,15,16). The minimum atomic E-state index is 0.502. The molecule has 2 N–H and O–H groups in total. The van der Waals surface area contributed by atoms with Crippen LogP contribution in [0.2, 0.25) is 0 Å². The van der Waals surface area contributed by atoms with Crippen molar-refractivity contribution in [2.45, 2.75) is 20.8 Å². The summed E-state index contributed by atoms with van der Waals surface area (Å²) in [6, 6.07) is 6.12. The molecule has 0 aliphatic carbocycles. The van der Waals surface area contributed by atoms with E-state index in [4.69, 9.17) is 5.73 Å². The van der Waals surface area contributed by atoms with Crippen LogP contribution in [0.15, 0.2) is 24.5 Å². The smallest absolute Gasteiger partial charge is 0.127 e. The Labute approximate surface area is 95.4 Å². The van der Waals surface area contributed by atoms with Crippen molar-refractivity contribution in [3.63, 3.8) is 0 Å². The van der Waals surface area contributed by atoms with Gasteiger partial charge in [-0.15, -0.1) is 0 Å². The number of aromatic nitrogens is 2. The quantitative estimate of drug-likeness (QED) is 0.792. The van der Waals surface area contributed by atoms with E-state index in [1.165, 1.54) is 23.0 Å². The monoisotopic (exact) mass is 213 g/mol. The summed E-state index contributed by atoms with van der Waals surface area (Å²) >= 11 is 0. The first-order chi connectivity index (χ1) is 7.58. The highest BCUT2D eigenvalue weighted by molar-refractivity contribution is 5.66. The predicted molar refractivity (Wildman–Crippen MR) is 66.1 cm³/mol. The van der Waals surface area contributed by atoms with Gasteiger partial charge in [-0.05, 0) is 43.5 Å². The number of nitrogens with zero attached hydrogens (tertiary/aromatic N) is 2. The van der Waals surface area contributed by atoms with E-state index in [9.17, 15) is 0 Å². The zero-order valence-electron chi connectivity index (χ0n) is 9.78. The van der Waals surface area contributed by atoms with E-state index in [1.807, 2.05) is 0 Å². The van der Waals surface area contributed by atoms with Crippen LogP contribution in [0.1, 0.15) is 16.7 Å². The van der Waals surface area contributed by atoms with Gasteiger partial charge in [0, 0.05) is 11.6 Å². The van der Waals surface area contributed by atoms with Crippen LogP contribution in [0.5, 0.6) is 0 Å². The highest BCUT2D eigenvalue weighted by atomic mass is 14.9. The third-order valence-electron chi connectivity index (χ3n) is 2.80. The average molecular weight is 213 g/mol. The summed E-state index contributed by atoms with van der Waals surface area (Å²) in [4.78, 5) is 8.15. The Balaban J connectivity index is 2.60.